The number of fused-ring (bicyclic) bond motifs is 1. The number of benzene rings is 1. The fourth-order valence-electron chi connectivity index (χ4n) is 2.85. The van der Waals surface area contributed by atoms with Gasteiger partial charge < -0.3 is 9.84 Å². The minimum atomic E-state index is -0.927. The van der Waals surface area contributed by atoms with Gasteiger partial charge in [-0.05, 0) is 42.5 Å². The second-order valence-electron chi connectivity index (χ2n) is 5.71. The molecule has 0 bridgehead atoms. The van der Waals surface area contributed by atoms with Gasteiger partial charge in [-0.25, -0.2) is 0 Å². The van der Waals surface area contributed by atoms with Gasteiger partial charge in [0.25, 0.3) is 0 Å². The zero-order valence-electron chi connectivity index (χ0n) is 11.9. The first kappa shape index (κ1) is 13.6. The molecule has 1 aromatic carbocycles. The molecule has 0 amide bonds. The first-order chi connectivity index (χ1) is 10.1. The third kappa shape index (κ3) is 2.61. The van der Waals surface area contributed by atoms with Crippen molar-refractivity contribution in [3.63, 3.8) is 0 Å². The fraction of sp³-hybridized carbons (Fsp3) is 0.294. The molecule has 0 saturated carbocycles. The molecule has 108 valence electrons. The number of hydrogen-bond acceptors (Lipinski definition) is 3. The van der Waals surface area contributed by atoms with Crippen molar-refractivity contribution in [3.05, 3.63) is 59.4 Å². The lowest BCUT2D eigenvalue weighted by Gasteiger charge is -2.34. The molecule has 4 nitrogen and oxygen atoms in total. The SMILES string of the molecule is Cc1cncc(CC2(C(=O)O)COc3ccccc3C2)c1. The van der Waals surface area contributed by atoms with Crippen LogP contribution in [-0.4, -0.2) is 22.7 Å². The Morgan fingerprint density at radius 2 is 2.19 bits per heavy atom. The molecule has 2 heterocycles. The van der Waals surface area contributed by atoms with Crippen molar-refractivity contribution in [2.24, 2.45) is 5.41 Å². The standard InChI is InChI=1S/C17H17NO3/c1-12-6-13(10-18-9-12)7-17(16(19)20)8-14-4-2-3-5-15(14)21-11-17/h2-6,9-10H,7-8,11H2,1H3,(H,19,20). The topological polar surface area (TPSA) is 59.4 Å². The van der Waals surface area contributed by atoms with Gasteiger partial charge in [-0.3, -0.25) is 9.78 Å². The maximum Gasteiger partial charge on any atom is 0.313 e. The normalized spacial score (nSPS) is 20.4. The van der Waals surface area contributed by atoms with Gasteiger partial charge in [-0.15, -0.1) is 0 Å². The van der Waals surface area contributed by atoms with Gasteiger partial charge in [0.05, 0.1) is 0 Å². The molecule has 1 unspecified atom stereocenters. The van der Waals surface area contributed by atoms with Crippen molar-refractivity contribution in [1.82, 2.24) is 4.98 Å². The van der Waals surface area contributed by atoms with E-state index in [4.69, 9.17) is 4.74 Å². The summed E-state index contributed by atoms with van der Waals surface area (Å²) in [7, 11) is 0. The summed E-state index contributed by atoms with van der Waals surface area (Å²) in [4.78, 5) is 16.0. The highest BCUT2D eigenvalue weighted by Gasteiger charge is 2.43. The van der Waals surface area contributed by atoms with Gasteiger partial charge >= 0.3 is 5.97 Å². The van der Waals surface area contributed by atoms with Gasteiger partial charge in [0.15, 0.2) is 0 Å². The van der Waals surface area contributed by atoms with E-state index in [1.165, 1.54) is 0 Å². The minimum absolute atomic E-state index is 0.188. The molecule has 0 radical (unpaired) electrons. The summed E-state index contributed by atoms with van der Waals surface area (Å²) >= 11 is 0. The molecule has 1 aliphatic rings. The fourth-order valence-corrected chi connectivity index (χ4v) is 2.85. The molecule has 3 rings (SSSR count). The summed E-state index contributed by atoms with van der Waals surface area (Å²) in [6.07, 6.45) is 4.40. The summed E-state index contributed by atoms with van der Waals surface area (Å²) in [5, 5.41) is 9.74. The third-order valence-electron chi connectivity index (χ3n) is 3.93. The van der Waals surface area contributed by atoms with Crippen LogP contribution in [0.2, 0.25) is 0 Å². The van der Waals surface area contributed by atoms with Gasteiger partial charge in [0, 0.05) is 12.4 Å². The first-order valence-electron chi connectivity index (χ1n) is 6.94. The van der Waals surface area contributed by atoms with Gasteiger partial charge in [-0.2, -0.15) is 0 Å². The number of pyridine rings is 1. The Labute approximate surface area is 123 Å². The van der Waals surface area contributed by atoms with E-state index in [0.29, 0.717) is 12.8 Å². The molecule has 0 spiro atoms. The highest BCUT2D eigenvalue weighted by Crippen LogP contribution is 2.37. The van der Waals surface area contributed by atoms with Crippen LogP contribution in [0.1, 0.15) is 16.7 Å². The van der Waals surface area contributed by atoms with Crippen LogP contribution >= 0.6 is 0 Å². The Balaban J connectivity index is 1.93. The van der Waals surface area contributed by atoms with Crippen LogP contribution in [0.25, 0.3) is 0 Å². The smallest absolute Gasteiger partial charge is 0.313 e. The molecule has 1 N–H and O–H groups in total. The van der Waals surface area contributed by atoms with Gasteiger partial charge in [0.2, 0.25) is 0 Å². The maximum absolute atomic E-state index is 11.9. The lowest BCUT2D eigenvalue weighted by atomic mass is 9.76. The highest BCUT2D eigenvalue weighted by atomic mass is 16.5. The molecule has 1 atom stereocenters. The van der Waals surface area contributed by atoms with Crippen LogP contribution in [-0.2, 0) is 17.6 Å². The Hall–Kier alpha value is -2.36. The molecule has 0 fully saturated rings. The van der Waals surface area contributed by atoms with Crippen LogP contribution < -0.4 is 4.74 Å². The maximum atomic E-state index is 11.9. The Morgan fingerprint density at radius 3 is 2.95 bits per heavy atom. The molecular weight excluding hydrogens is 266 g/mol. The molecule has 21 heavy (non-hydrogen) atoms. The molecule has 0 aliphatic carbocycles. The number of rotatable bonds is 3. The van der Waals surface area contributed by atoms with Gasteiger partial charge in [0.1, 0.15) is 17.8 Å². The van der Waals surface area contributed by atoms with Crippen LogP contribution in [0.15, 0.2) is 42.7 Å². The molecule has 1 aliphatic heterocycles. The van der Waals surface area contributed by atoms with Crippen molar-refractivity contribution in [1.29, 1.82) is 0 Å². The summed E-state index contributed by atoms with van der Waals surface area (Å²) < 4.78 is 5.70. The Bertz CT molecular complexity index is 683. The quantitative estimate of drug-likeness (QED) is 0.940. The number of carbonyl (C=O) groups is 1. The van der Waals surface area contributed by atoms with Crippen LogP contribution in [0.5, 0.6) is 5.75 Å². The van der Waals surface area contributed by atoms with Crippen molar-refractivity contribution in [3.8, 4) is 5.75 Å². The van der Waals surface area contributed by atoms with E-state index in [1.54, 1.807) is 12.4 Å². The summed E-state index contributed by atoms with van der Waals surface area (Å²) in [5.41, 5.74) is 1.99. The number of aliphatic carboxylic acids is 1. The molecule has 4 heteroatoms. The van der Waals surface area contributed by atoms with Crippen LogP contribution in [0, 0.1) is 12.3 Å². The van der Waals surface area contributed by atoms with Crippen molar-refractivity contribution >= 4 is 5.97 Å². The van der Waals surface area contributed by atoms with E-state index in [2.05, 4.69) is 4.98 Å². The van der Waals surface area contributed by atoms with E-state index in [0.717, 1.165) is 22.4 Å². The second kappa shape index (κ2) is 5.20. The molecule has 1 aromatic heterocycles. The molecule has 2 aromatic rings. The third-order valence-corrected chi connectivity index (χ3v) is 3.93. The number of hydrogen-bond donors (Lipinski definition) is 1. The lowest BCUT2D eigenvalue weighted by molar-refractivity contribution is -0.151. The zero-order chi connectivity index (χ0) is 14.9. The number of carboxylic acid groups (broad SMARTS) is 1. The largest absolute Gasteiger partial charge is 0.492 e. The van der Waals surface area contributed by atoms with E-state index in [9.17, 15) is 9.90 Å². The number of aryl methyl sites for hydroxylation is 1. The molecule has 0 saturated heterocycles. The average molecular weight is 283 g/mol. The zero-order valence-corrected chi connectivity index (χ0v) is 11.9. The monoisotopic (exact) mass is 283 g/mol. The summed E-state index contributed by atoms with van der Waals surface area (Å²) in [5.74, 6) is -0.0322. The summed E-state index contributed by atoms with van der Waals surface area (Å²) in [6.45, 7) is 2.14. The number of nitrogens with zero attached hydrogens (tertiary/aromatic N) is 1. The second-order valence-corrected chi connectivity index (χ2v) is 5.71. The summed E-state index contributed by atoms with van der Waals surface area (Å²) in [6, 6.07) is 9.61. The van der Waals surface area contributed by atoms with E-state index < -0.39 is 11.4 Å². The van der Waals surface area contributed by atoms with Crippen molar-refractivity contribution in [2.75, 3.05) is 6.61 Å². The van der Waals surface area contributed by atoms with E-state index in [1.807, 2.05) is 37.3 Å². The highest BCUT2D eigenvalue weighted by molar-refractivity contribution is 5.76. The predicted octanol–water partition coefficient (Wildman–Crippen LogP) is 2.64. The van der Waals surface area contributed by atoms with Gasteiger partial charge in [-0.1, -0.05) is 24.3 Å². The minimum Gasteiger partial charge on any atom is -0.492 e. The first-order valence-corrected chi connectivity index (χ1v) is 6.94. The Kier molecular flexibility index (Phi) is 3.37. The lowest BCUT2D eigenvalue weighted by Crippen LogP contribution is -2.43. The number of aromatic nitrogens is 1. The van der Waals surface area contributed by atoms with Crippen LogP contribution in [0.4, 0.5) is 0 Å². The van der Waals surface area contributed by atoms with E-state index in [-0.39, 0.29) is 6.61 Å². The number of para-hydroxylation sites is 1. The number of carboxylic acids is 1. The van der Waals surface area contributed by atoms with Crippen molar-refractivity contribution < 1.29 is 14.6 Å². The predicted molar refractivity (Wildman–Crippen MR) is 78.4 cm³/mol. The number of ether oxygens (including phenoxy) is 1. The van der Waals surface area contributed by atoms with Crippen molar-refractivity contribution in [2.45, 2.75) is 19.8 Å². The Morgan fingerprint density at radius 1 is 1.38 bits per heavy atom. The van der Waals surface area contributed by atoms with E-state index >= 15 is 0 Å². The average Bonchev–Trinajstić information content (AvgIpc) is 2.47. The molecular formula is C17H17NO3. The van der Waals surface area contributed by atoms with Crippen LogP contribution in [0.3, 0.4) is 0 Å².